The second-order valence-electron chi connectivity index (χ2n) is 15.1. The van der Waals surface area contributed by atoms with Gasteiger partial charge in [-0.15, -0.1) is 0 Å². The van der Waals surface area contributed by atoms with Crippen molar-refractivity contribution in [3.63, 3.8) is 0 Å². The lowest BCUT2D eigenvalue weighted by atomic mass is 9.90. The van der Waals surface area contributed by atoms with Crippen LogP contribution >= 0.6 is 34.8 Å². The van der Waals surface area contributed by atoms with Crippen molar-refractivity contribution in [2.45, 2.75) is 102 Å². The Balaban J connectivity index is 1.70. The summed E-state index contributed by atoms with van der Waals surface area (Å²) in [5.74, 6) is -3.05. The number of ether oxygens (including phenoxy) is 4. The zero-order valence-corrected chi connectivity index (χ0v) is 34.9. The van der Waals surface area contributed by atoms with E-state index in [1.165, 1.54) is 19.0 Å². The smallest absolute Gasteiger partial charge is 0.408 e. The summed E-state index contributed by atoms with van der Waals surface area (Å²) >= 11 is 17.0. The number of methoxy groups -OCH3 is 1. The Morgan fingerprint density at radius 1 is 1.00 bits per heavy atom. The number of carbonyl (C=O) groups excluding carboxylic acids is 5. The number of esters is 2. The molecule has 1 aromatic heterocycles. The first kappa shape index (κ1) is 45.7. The van der Waals surface area contributed by atoms with E-state index in [4.69, 9.17) is 58.7 Å². The Hall–Kier alpha value is -3.69. The number of carbonyl (C=O) groups is 5. The molecule has 1 saturated heterocycles. The molecule has 3 amide bonds. The van der Waals surface area contributed by atoms with Gasteiger partial charge in [0.15, 0.2) is 6.10 Å². The standard InChI is InChI=1S/C38H52Cl3N5O9/c1-22(2)30(31(47)42-24(4)32(48)46-18-10-11-28(45-46)33(49)53-21-38(39,40)41)54-34(50)37(8,20-52-9)17-16-25-12-13-26-14-15-27(44-29(26)19-25)23(3)43-35(51)55-36(5,6)7/h12-17,19,22-24,28,30,45H,10-11,18,20-21H2,1-9H3,(H,42,47)(H,43,51)/b17-16+/t23-,24+,28+,30+,37+/m1/s1. The maximum Gasteiger partial charge on any atom is 0.408 e. The Morgan fingerprint density at radius 2 is 1.67 bits per heavy atom. The monoisotopic (exact) mass is 827 g/mol. The molecule has 3 rings (SSSR count). The summed E-state index contributed by atoms with van der Waals surface area (Å²) in [5, 5.41) is 7.55. The van der Waals surface area contributed by atoms with Gasteiger partial charge in [-0.25, -0.2) is 10.2 Å². The van der Waals surface area contributed by atoms with Crippen molar-refractivity contribution in [1.82, 2.24) is 26.1 Å². The molecular weight excluding hydrogens is 777 g/mol. The normalized spacial score (nSPS) is 17.9. The van der Waals surface area contributed by atoms with Gasteiger partial charge in [0.05, 0.1) is 23.9 Å². The van der Waals surface area contributed by atoms with E-state index in [9.17, 15) is 24.0 Å². The van der Waals surface area contributed by atoms with E-state index in [1.807, 2.05) is 37.3 Å². The van der Waals surface area contributed by atoms with E-state index in [-0.39, 0.29) is 13.2 Å². The largest absolute Gasteiger partial charge is 0.460 e. The lowest BCUT2D eigenvalue weighted by molar-refractivity contribution is -0.168. The van der Waals surface area contributed by atoms with Crippen LogP contribution in [0.3, 0.4) is 0 Å². The molecule has 1 aromatic carbocycles. The average Bonchev–Trinajstić information content (AvgIpc) is 3.09. The van der Waals surface area contributed by atoms with Crippen molar-refractivity contribution in [3.8, 4) is 0 Å². The fourth-order valence-corrected chi connectivity index (χ4v) is 5.67. The molecule has 5 atom stereocenters. The van der Waals surface area contributed by atoms with Gasteiger partial charge in [-0.05, 0) is 78.0 Å². The van der Waals surface area contributed by atoms with Crippen molar-refractivity contribution in [3.05, 3.63) is 47.7 Å². The minimum atomic E-state index is -1.78. The van der Waals surface area contributed by atoms with Crippen LogP contribution in [0.1, 0.15) is 85.5 Å². The number of amides is 3. The highest BCUT2D eigenvalue weighted by atomic mass is 35.6. The van der Waals surface area contributed by atoms with Crippen LogP contribution in [0.4, 0.5) is 4.79 Å². The van der Waals surface area contributed by atoms with Gasteiger partial charge >= 0.3 is 18.0 Å². The molecule has 14 nitrogen and oxygen atoms in total. The van der Waals surface area contributed by atoms with Crippen molar-refractivity contribution in [2.24, 2.45) is 11.3 Å². The van der Waals surface area contributed by atoms with Crippen LogP contribution in [0, 0.1) is 11.3 Å². The molecule has 0 radical (unpaired) electrons. The van der Waals surface area contributed by atoms with Crippen molar-refractivity contribution in [2.75, 3.05) is 26.9 Å². The summed E-state index contributed by atoms with van der Waals surface area (Å²) in [6.07, 6.45) is 2.46. The lowest BCUT2D eigenvalue weighted by Gasteiger charge is -2.35. The third-order valence-electron chi connectivity index (χ3n) is 8.41. The molecule has 1 aliphatic heterocycles. The first-order chi connectivity index (χ1) is 25.5. The Bertz CT molecular complexity index is 1730. The fraction of sp³-hybridized carbons (Fsp3) is 0.579. The number of halogens is 3. The quantitative estimate of drug-likeness (QED) is 0.116. The van der Waals surface area contributed by atoms with E-state index < -0.39 is 81.4 Å². The molecule has 0 unspecified atom stereocenters. The van der Waals surface area contributed by atoms with Gasteiger partial charge < -0.3 is 29.6 Å². The van der Waals surface area contributed by atoms with E-state index >= 15 is 0 Å². The number of hydrogen-bond donors (Lipinski definition) is 3. The number of hydrazine groups is 1. The summed E-state index contributed by atoms with van der Waals surface area (Å²) in [4.78, 5) is 70.0. The molecule has 1 aliphatic rings. The number of aromatic nitrogens is 1. The molecule has 0 saturated carbocycles. The fourth-order valence-electron chi connectivity index (χ4n) is 5.51. The molecule has 2 heterocycles. The van der Waals surface area contributed by atoms with Crippen LogP contribution in [0.5, 0.6) is 0 Å². The van der Waals surface area contributed by atoms with Crippen LogP contribution in [0.2, 0.25) is 0 Å². The average molecular weight is 829 g/mol. The molecule has 2 aromatic rings. The summed E-state index contributed by atoms with van der Waals surface area (Å²) in [6, 6.07) is 7.03. The molecule has 3 N–H and O–H groups in total. The Kier molecular flexibility index (Phi) is 16.2. The van der Waals surface area contributed by atoms with Crippen LogP contribution in [0.25, 0.3) is 17.0 Å². The summed E-state index contributed by atoms with van der Waals surface area (Å²) in [7, 11) is 1.45. The summed E-state index contributed by atoms with van der Waals surface area (Å²) in [6.45, 7) is 13.5. The first-order valence-electron chi connectivity index (χ1n) is 17.9. The molecule has 0 aliphatic carbocycles. The SMILES string of the molecule is COC[C@](C)(/C=C/c1ccc2ccc([C@@H](C)NC(=O)OC(C)(C)C)nc2c1)C(=O)O[C@H](C(=O)N[C@@H](C)C(=O)N1CCC[C@@H](C(=O)OCC(Cl)(Cl)Cl)N1)C(C)C. The van der Waals surface area contributed by atoms with Gasteiger partial charge in [-0.1, -0.05) is 79.0 Å². The van der Waals surface area contributed by atoms with Crippen molar-refractivity contribution >= 4 is 81.6 Å². The number of alkyl halides is 3. The van der Waals surface area contributed by atoms with Gasteiger partial charge in [-0.3, -0.25) is 29.2 Å². The highest BCUT2D eigenvalue weighted by Gasteiger charge is 2.39. The molecule has 55 heavy (non-hydrogen) atoms. The molecule has 1 fully saturated rings. The third kappa shape index (κ3) is 14.1. The molecular formula is C38H52Cl3N5O9. The maximum atomic E-state index is 13.7. The molecule has 17 heteroatoms. The minimum Gasteiger partial charge on any atom is -0.460 e. The van der Waals surface area contributed by atoms with Gasteiger partial charge in [0, 0.05) is 19.0 Å². The molecule has 0 bridgehead atoms. The molecule has 304 valence electrons. The number of fused-ring (bicyclic) bond motifs is 1. The number of benzene rings is 1. The first-order valence-corrected chi connectivity index (χ1v) is 19.1. The second-order valence-corrected chi connectivity index (χ2v) is 17.6. The topological polar surface area (TPSA) is 174 Å². The van der Waals surface area contributed by atoms with E-state index in [2.05, 4.69) is 16.1 Å². The highest BCUT2D eigenvalue weighted by Crippen LogP contribution is 2.28. The minimum absolute atomic E-state index is 0.0562. The van der Waals surface area contributed by atoms with Crippen LogP contribution < -0.4 is 16.1 Å². The predicted molar refractivity (Wildman–Crippen MR) is 210 cm³/mol. The van der Waals surface area contributed by atoms with Crippen LogP contribution in [-0.2, 0) is 38.1 Å². The van der Waals surface area contributed by atoms with E-state index in [1.54, 1.807) is 53.7 Å². The lowest BCUT2D eigenvalue weighted by Crippen LogP contribution is -2.60. The van der Waals surface area contributed by atoms with Gasteiger partial charge in [0.1, 0.15) is 29.7 Å². The van der Waals surface area contributed by atoms with Crippen LogP contribution in [-0.4, -0.2) is 94.3 Å². The predicted octanol–water partition coefficient (Wildman–Crippen LogP) is 5.97. The van der Waals surface area contributed by atoms with E-state index in [0.29, 0.717) is 24.1 Å². The van der Waals surface area contributed by atoms with Gasteiger partial charge in [0.2, 0.25) is 3.79 Å². The van der Waals surface area contributed by atoms with Gasteiger partial charge in [-0.2, -0.15) is 0 Å². The Morgan fingerprint density at radius 3 is 2.29 bits per heavy atom. The zero-order chi connectivity index (χ0) is 41.3. The van der Waals surface area contributed by atoms with Crippen molar-refractivity contribution in [1.29, 1.82) is 0 Å². The number of pyridine rings is 1. The number of nitrogens with zero attached hydrogens (tertiary/aromatic N) is 2. The summed E-state index contributed by atoms with van der Waals surface area (Å²) in [5.41, 5.74) is 2.91. The van der Waals surface area contributed by atoms with Crippen molar-refractivity contribution < 1.29 is 42.9 Å². The number of rotatable bonds is 14. The maximum absolute atomic E-state index is 13.7. The zero-order valence-electron chi connectivity index (χ0n) is 32.7. The van der Waals surface area contributed by atoms with Gasteiger partial charge in [0.25, 0.3) is 11.8 Å². The number of nitrogens with one attached hydrogen (secondary N) is 3. The highest BCUT2D eigenvalue weighted by molar-refractivity contribution is 6.67. The van der Waals surface area contributed by atoms with Crippen LogP contribution in [0.15, 0.2) is 36.4 Å². The number of alkyl carbamates (subject to hydrolysis) is 1. The third-order valence-corrected chi connectivity index (χ3v) is 8.74. The van der Waals surface area contributed by atoms with E-state index in [0.717, 1.165) is 10.9 Å². The second kappa shape index (κ2) is 19.4. The Labute approximate surface area is 337 Å². The summed E-state index contributed by atoms with van der Waals surface area (Å²) < 4.78 is 19.8. The molecule has 0 spiro atoms. The number of hydrogen-bond acceptors (Lipinski definition) is 11.